The van der Waals surface area contributed by atoms with E-state index in [0.717, 1.165) is 18.0 Å². The third-order valence-corrected chi connectivity index (χ3v) is 5.10. The molecule has 1 heterocycles. The summed E-state index contributed by atoms with van der Waals surface area (Å²) < 4.78 is 0. The lowest BCUT2D eigenvalue weighted by atomic mass is 10.1. The van der Waals surface area contributed by atoms with Gasteiger partial charge in [-0.25, -0.2) is 0 Å². The Morgan fingerprint density at radius 3 is 2.54 bits per heavy atom. The Hall–Kier alpha value is -2.11. The van der Waals surface area contributed by atoms with E-state index >= 15 is 0 Å². The highest BCUT2D eigenvalue weighted by Crippen LogP contribution is 2.40. The zero-order chi connectivity index (χ0) is 16.2. The summed E-state index contributed by atoms with van der Waals surface area (Å²) in [5, 5.41) is 0. The van der Waals surface area contributed by atoms with E-state index in [4.69, 9.17) is 4.85 Å². The van der Waals surface area contributed by atoms with Crippen LogP contribution >= 0.6 is 0 Å². The number of benzene rings is 2. The van der Waals surface area contributed by atoms with Gasteiger partial charge in [-0.1, -0.05) is 47.3 Å². The van der Waals surface area contributed by atoms with Gasteiger partial charge in [0.15, 0.2) is 0 Å². The molecule has 2 fully saturated rings. The molecule has 2 heteroatoms. The maximum atomic E-state index is 4.86. The number of rotatable bonds is 4. The zero-order valence-electron chi connectivity index (χ0n) is 14.2. The first-order valence-electron chi connectivity index (χ1n) is 9.21. The molecule has 1 unspecified atom stereocenters. The minimum atomic E-state index is 0.175. The summed E-state index contributed by atoms with van der Waals surface area (Å²) in [5.41, 5.74) is 3.85. The van der Waals surface area contributed by atoms with Gasteiger partial charge >= 0.3 is 12.1 Å². The van der Waals surface area contributed by atoms with Crippen LogP contribution in [0.25, 0.3) is 4.85 Å². The highest BCUT2D eigenvalue weighted by molar-refractivity contribution is 5.38. The van der Waals surface area contributed by atoms with E-state index in [1.165, 1.54) is 49.9 Å². The predicted octanol–water partition coefficient (Wildman–Crippen LogP) is 5.08. The smallest absolute Gasteiger partial charge is 0.296 e. The molecule has 1 saturated heterocycles. The van der Waals surface area contributed by atoms with Crippen LogP contribution in [0.1, 0.15) is 54.3 Å². The van der Waals surface area contributed by atoms with Crippen LogP contribution in [-0.4, -0.2) is 24.5 Å². The first-order chi connectivity index (χ1) is 11.9. The highest BCUT2D eigenvalue weighted by Gasteiger charge is 2.26. The quantitative estimate of drug-likeness (QED) is 0.763. The Morgan fingerprint density at radius 2 is 1.79 bits per heavy atom. The molecular weight excluding hydrogens is 292 g/mol. The summed E-state index contributed by atoms with van der Waals surface area (Å²) in [7, 11) is 0. The van der Waals surface area contributed by atoms with Crippen LogP contribution in [-0.2, 0) is 0 Å². The van der Waals surface area contributed by atoms with Crippen LogP contribution in [0.4, 0.5) is 0 Å². The molecule has 0 bridgehead atoms. The average molecular weight is 317 g/mol. The van der Waals surface area contributed by atoms with E-state index < -0.39 is 0 Å². The maximum Gasteiger partial charge on any atom is 0.312 e. The van der Waals surface area contributed by atoms with Crippen LogP contribution in [0.15, 0.2) is 54.6 Å². The summed E-state index contributed by atoms with van der Waals surface area (Å²) in [4.78, 5) is 7.39. The van der Waals surface area contributed by atoms with E-state index in [0.29, 0.717) is 0 Å². The van der Waals surface area contributed by atoms with Crippen molar-refractivity contribution in [3.05, 3.63) is 76.1 Å². The van der Waals surface area contributed by atoms with E-state index in [2.05, 4.69) is 65.6 Å². The van der Waals surface area contributed by atoms with Crippen molar-refractivity contribution in [3.8, 4) is 6.07 Å². The van der Waals surface area contributed by atoms with Gasteiger partial charge in [0.05, 0.1) is 6.54 Å². The highest BCUT2D eigenvalue weighted by atomic mass is 15.1. The van der Waals surface area contributed by atoms with Crippen molar-refractivity contribution in [1.29, 1.82) is 0 Å². The Labute approximate surface area is 144 Å². The fourth-order valence-electron chi connectivity index (χ4n) is 3.54. The van der Waals surface area contributed by atoms with Crippen molar-refractivity contribution < 1.29 is 0 Å². The molecule has 0 spiro atoms. The maximum absolute atomic E-state index is 4.86. The van der Waals surface area contributed by atoms with Crippen LogP contribution in [0.3, 0.4) is 0 Å². The zero-order valence-corrected chi connectivity index (χ0v) is 14.2. The fraction of sp³-hybridized carbons (Fsp3) is 0.409. The van der Waals surface area contributed by atoms with Gasteiger partial charge < -0.3 is 0 Å². The molecule has 1 aliphatic carbocycles. The van der Waals surface area contributed by atoms with Crippen molar-refractivity contribution in [2.24, 2.45) is 0 Å². The number of hydrogen-bond donors (Lipinski definition) is 0. The van der Waals surface area contributed by atoms with Crippen molar-refractivity contribution in [1.82, 2.24) is 4.90 Å². The van der Waals surface area contributed by atoms with Gasteiger partial charge in [0.2, 0.25) is 0 Å². The molecule has 2 aromatic carbocycles. The molecule has 2 aromatic rings. The van der Waals surface area contributed by atoms with Crippen LogP contribution in [0, 0.1) is 6.07 Å². The molecule has 2 aliphatic rings. The van der Waals surface area contributed by atoms with Crippen molar-refractivity contribution in [2.45, 2.75) is 37.6 Å². The normalized spacial score (nSPS) is 18.8. The third kappa shape index (κ3) is 3.86. The number of likely N-dealkylation sites (tertiary alicyclic amines) is 1. The number of hydrogen-bond acceptors (Lipinski definition) is 1. The number of nitrogens with zero attached hydrogens (tertiary/aromatic N) is 2. The minimum Gasteiger partial charge on any atom is -0.296 e. The monoisotopic (exact) mass is 317 g/mol. The van der Waals surface area contributed by atoms with Crippen molar-refractivity contribution in [2.75, 3.05) is 19.6 Å². The van der Waals surface area contributed by atoms with E-state index in [-0.39, 0.29) is 6.04 Å². The summed E-state index contributed by atoms with van der Waals surface area (Å²) in [6.45, 7) is 3.41. The molecule has 1 aliphatic heterocycles. The van der Waals surface area contributed by atoms with Crippen LogP contribution < -0.4 is 0 Å². The second kappa shape index (κ2) is 7.20. The summed E-state index contributed by atoms with van der Waals surface area (Å²) in [6, 6.07) is 22.9. The summed E-state index contributed by atoms with van der Waals surface area (Å²) in [6.07, 6.45) is 5.31. The van der Waals surface area contributed by atoms with E-state index in [9.17, 15) is 0 Å². The van der Waals surface area contributed by atoms with Gasteiger partial charge in [0, 0.05) is 5.56 Å². The molecule has 1 saturated carbocycles. The predicted molar refractivity (Wildman–Crippen MR) is 99.6 cm³/mol. The first kappa shape index (κ1) is 15.4. The van der Waals surface area contributed by atoms with Crippen molar-refractivity contribution >= 4 is 0 Å². The molecule has 24 heavy (non-hydrogen) atoms. The Kier molecular flexibility index (Phi) is 4.62. The second-order valence-electron chi connectivity index (χ2n) is 7.07. The average Bonchev–Trinajstić information content (AvgIpc) is 3.37. The van der Waals surface area contributed by atoms with Crippen LogP contribution in [0.2, 0.25) is 0 Å². The van der Waals surface area contributed by atoms with E-state index in [1.807, 2.05) is 0 Å². The molecule has 0 aromatic heterocycles. The molecule has 0 amide bonds. The van der Waals surface area contributed by atoms with Gasteiger partial charge in [0.25, 0.3) is 0 Å². The summed E-state index contributed by atoms with van der Waals surface area (Å²) >= 11 is 0. The van der Waals surface area contributed by atoms with Gasteiger partial charge in [0.1, 0.15) is 5.56 Å². The molecular formula is C22H25N2+. The van der Waals surface area contributed by atoms with Gasteiger partial charge in [-0.15, -0.1) is 0 Å². The Bertz CT molecular complexity index is 731. The molecule has 4 rings (SSSR count). The molecule has 2 nitrogen and oxygen atoms in total. The lowest BCUT2D eigenvalue weighted by molar-refractivity contribution is 0.329. The third-order valence-electron chi connectivity index (χ3n) is 5.10. The van der Waals surface area contributed by atoms with Crippen LogP contribution in [0.5, 0.6) is 0 Å². The van der Waals surface area contributed by atoms with E-state index in [1.54, 1.807) is 0 Å². The first-order valence-corrected chi connectivity index (χ1v) is 9.21. The summed E-state index contributed by atoms with van der Waals surface area (Å²) in [5.74, 6) is 0.779. The second-order valence-corrected chi connectivity index (χ2v) is 7.07. The standard InChI is InChI=1S/C22H25N2/c1-2-8-20(9-3-1)22(17-24-13-4-5-14-24)23-16-18-7-6-10-21(15-18)19-11-12-19/h1-3,6-10,15,19,22H,4-5,11-14,17H2/q+1. The molecule has 0 N–H and O–H groups in total. The van der Waals surface area contributed by atoms with Gasteiger partial charge in [-0.05, 0) is 62.4 Å². The topological polar surface area (TPSA) is 7.60 Å². The lowest BCUT2D eigenvalue weighted by Crippen LogP contribution is -2.24. The van der Waals surface area contributed by atoms with Gasteiger partial charge in [-0.3, -0.25) is 4.90 Å². The fourth-order valence-corrected chi connectivity index (χ4v) is 3.54. The Morgan fingerprint density at radius 1 is 1.00 bits per heavy atom. The molecule has 1 atom stereocenters. The SMILES string of the molecule is C(#[N+]C(CN1CCCC1)c1ccccc1)c1cccc(C2CC2)c1. The lowest BCUT2D eigenvalue weighted by Gasteiger charge is -2.13. The van der Waals surface area contributed by atoms with Gasteiger partial charge in [-0.2, -0.15) is 0 Å². The molecule has 0 radical (unpaired) electrons. The Balaban J connectivity index is 1.56. The largest absolute Gasteiger partial charge is 0.312 e. The van der Waals surface area contributed by atoms with Crippen molar-refractivity contribution in [3.63, 3.8) is 0 Å². The minimum absolute atomic E-state index is 0.175. The molecule has 122 valence electrons.